The van der Waals surface area contributed by atoms with Gasteiger partial charge in [0.25, 0.3) is 0 Å². The predicted molar refractivity (Wildman–Crippen MR) is 107 cm³/mol. The minimum atomic E-state index is -0.298. The normalized spacial score (nSPS) is 17.9. The quantitative estimate of drug-likeness (QED) is 0.681. The highest BCUT2D eigenvalue weighted by Gasteiger charge is 2.34. The fourth-order valence-electron chi connectivity index (χ4n) is 4.05. The number of piperidine rings is 1. The second-order valence-electron chi connectivity index (χ2n) is 7.63. The highest BCUT2D eigenvalue weighted by molar-refractivity contribution is 5.78. The number of halogens is 1. The van der Waals surface area contributed by atoms with Crippen LogP contribution in [-0.2, 0) is 0 Å². The van der Waals surface area contributed by atoms with Crippen LogP contribution in [0, 0.1) is 23.1 Å². The lowest BCUT2D eigenvalue weighted by Gasteiger charge is -2.40. The van der Waals surface area contributed by atoms with E-state index in [0.717, 1.165) is 55.9 Å². The van der Waals surface area contributed by atoms with E-state index in [0.29, 0.717) is 11.5 Å². The maximum atomic E-state index is 13.5. The van der Waals surface area contributed by atoms with E-state index in [9.17, 15) is 4.39 Å². The molecule has 4 heterocycles. The first-order valence-corrected chi connectivity index (χ1v) is 9.84. The Morgan fingerprint density at radius 1 is 1.03 bits per heavy atom. The molecule has 5 rings (SSSR count). The van der Waals surface area contributed by atoms with E-state index in [-0.39, 0.29) is 17.7 Å². The highest BCUT2D eigenvalue weighted by atomic mass is 19.1. The average molecular weight is 389 g/mol. The van der Waals surface area contributed by atoms with Crippen LogP contribution in [0.3, 0.4) is 0 Å². The maximum Gasteiger partial charge on any atom is 0.225 e. The van der Waals surface area contributed by atoms with Crippen LogP contribution in [0.4, 0.5) is 16.2 Å². The van der Waals surface area contributed by atoms with Gasteiger partial charge >= 0.3 is 0 Å². The summed E-state index contributed by atoms with van der Waals surface area (Å²) in [5.41, 5.74) is 1.60. The first kappa shape index (κ1) is 17.7. The van der Waals surface area contributed by atoms with Crippen LogP contribution in [0.1, 0.15) is 24.5 Å². The van der Waals surface area contributed by atoms with Gasteiger partial charge in [0.15, 0.2) is 5.82 Å². The lowest BCUT2D eigenvalue weighted by molar-refractivity contribution is 0.472. The Hall–Kier alpha value is -3.34. The summed E-state index contributed by atoms with van der Waals surface area (Å²) in [6.45, 7) is 3.17. The van der Waals surface area contributed by atoms with E-state index in [4.69, 9.17) is 5.26 Å². The van der Waals surface area contributed by atoms with E-state index < -0.39 is 0 Å². The third kappa shape index (κ3) is 3.33. The summed E-state index contributed by atoms with van der Waals surface area (Å²) in [7, 11) is 0. The molecule has 2 aromatic heterocycles. The van der Waals surface area contributed by atoms with Crippen molar-refractivity contribution in [2.45, 2.75) is 18.8 Å². The Bertz CT molecular complexity index is 1080. The largest absolute Gasteiger partial charge is 0.355 e. The molecule has 29 heavy (non-hydrogen) atoms. The number of nitriles is 1. The first-order valence-electron chi connectivity index (χ1n) is 9.84. The second-order valence-corrected chi connectivity index (χ2v) is 7.63. The number of fused-ring (bicyclic) bond motifs is 1. The molecule has 0 N–H and O–H groups in total. The summed E-state index contributed by atoms with van der Waals surface area (Å²) in [4.78, 5) is 22.5. The first-order chi connectivity index (χ1) is 14.2. The maximum absolute atomic E-state index is 13.5. The molecule has 0 saturated carbocycles. The molecular weight excluding hydrogens is 369 g/mol. The van der Waals surface area contributed by atoms with Gasteiger partial charge in [0.2, 0.25) is 5.95 Å². The van der Waals surface area contributed by atoms with E-state index in [1.165, 1.54) is 12.1 Å². The van der Waals surface area contributed by atoms with E-state index in [2.05, 4.69) is 35.8 Å². The summed E-state index contributed by atoms with van der Waals surface area (Å²) in [5.74, 6) is 1.63. The number of hydrogen-bond donors (Lipinski definition) is 0. The van der Waals surface area contributed by atoms with Crippen LogP contribution in [0.2, 0.25) is 0 Å². The number of hydrogen-bond acceptors (Lipinski definition) is 7. The summed E-state index contributed by atoms with van der Waals surface area (Å²) in [6, 6.07) is 6.91. The fourth-order valence-corrected chi connectivity index (χ4v) is 4.05. The highest BCUT2D eigenvalue weighted by Crippen LogP contribution is 2.34. The van der Waals surface area contributed by atoms with Gasteiger partial charge < -0.3 is 9.80 Å². The topological polar surface area (TPSA) is 81.8 Å². The van der Waals surface area contributed by atoms with Gasteiger partial charge in [0.1, 0.15) is 5.82 Å². The van der Waals surface area contributed by atoms with Crippen molar-refractivity contribution in [3.8, 4) is 6.07 Å². The number of benzene rings is 1. The summed E-state index contributed by atoms with van der Waals surface area (Å²) in [5, 5.41) is 9.95. The van der Waals surface area contributed by atoms with Gasteiger partial charge in [-0.3, -0.25) is 4.98 Å². The van der Waals surface area contributed by atoms with Gasteiger partial charge in [0.05, 0.1) is 17.3 Å². The van der Waals surface area contributed by atoms with Crippen LogP contribution in [-0.4, -0.2) is 46.1 Å². The van der Waals surface area contributed by atoms with Crippen molar-refractivity contribution in [3.05, 3.63) is 48.3 Å². The molecule has 0 atom stereocenters. The number of anilines is 2. The average Bonchev–Trinajstić information content (AvgIpc) is 2.73. The Morgan fingerprint density at radius 2 is 1.83 bits per heavy atom. The van der Waals surface area contributed by atoms with Crippen molar-refractivity contribution >= 4 is 22.7 Å². The van der Waals surface area contributed by atoms with Crippen LogP contribution < -0.4 is 9.80 Å². The second kappa shape index (κ2) is 7.24. The Kier molecular flexibility index (Phi) is 4.43. The molecular formula is C21H20FN7. The molecule has 0 spiro atoms. The van der Waals surface area contributed by atoms with Crippen LogP contribution in [0.25, 0.3) is 10.9 Å². The lowest BCUT2D eigenvalue weighted by atomic mass is 9.94. The molecule has 8 heteroatoms. The van der Waals surface area contributed by atoms with Crippen molar-refractivity contribution in [2.24, 2.45) is 5.92 Å². The zero-order chi connectivity index (χ0) is 19.8. The van der Waals surface area contributed by atoms with Gasteiger partial charge in [-0.15, -0.1) is 0 Å². The van der Waals surface area contributed by atoms with Crippen LogP contribution in [0.15, 0.2) is 36.8 Å². The minimum absolute atomic E-state index is 0.139. The monoisotopic (exact) mass is 389 g/mol. The third-order valence-electron chi connectivity index (χ3n) is 5.77. The third-order valence-corrected chi connectivity index (χ3v) is 5.77. The van der Waals surface area contributed by atoms with E-state index in [1.807, 2.05) is 0 Å². The van der Waals surface area contributed by atoms with Crippen molar-refractivity contribution < 1.29 is 4.39 Å². The van der Waals surface area contributed by atoms with Crippen LogP contribution in [0.5, 0.6) is 0 Å². The molecule has 1 aromatic carbocycles. The molecule has 0 radical (unpaired) electrons. The van der Waals surface area contributed by atoms with Crippen molar-refractivity contribution in [1.82, 2.24) is 19.9 Å². The van der Waals surface area contributed by atoms with E-state index >= 15 is 0 Å². The molecule has 0 bridgehead atoms. The number of nitrogens with zero attached hydrogens (tertiary/aromatic N) is 7. The molecule has 0 aliphatic carbocycles. The van der Waals surface area contributed by atoms with Gasteiger partial charge in [-0.05, 0) is 25.0 Å². The van der Waals surface area contributed by atoms with Crippen LogP contribution >= 0.6 is 0 Å². The predicted octanol–water partition coefficient (Wildman–Crippen LogP) is 2.90. The summed E-state index contributed by atoms with van der Waals surface area (Å²) < 4.78 is 13.5. The van der Waals surface area contributed by atoms with Gasteiger partial charge in [-0.25, -0.2) is 19.3 Å². The number of aromatic nitrogens is 4. The molecule has 2 aliphatic rings. The molecule has 0 unspecified atom stereocenters. The van der Waals surface area contributed by atoms with Gasteiger partial charge in [-0.1, -0.05) is 0 Å². The van der Waals surface area contributed by atoms with Crippen molar-refractivity contribution in [2.75, 3.05) is 36.0 Å². The number of rotatable bonds is 3. The van der Waals surface area contributed by atoms with Gasteiger partial charge in [-0.2, -0.15) is 5.26 Å². The summed E-state index contributed by atoms with van der Waals surface area (Å²) in [6.07, 6.45) is 6.93. The molecule has 3 aromatic rings. The Morgan fingerprint density at radius 3 is 2.62 bits per heavy atom. The molecule has 0 amide bonds. The molecule has 7 nitrogen and oxygen atoms in total. The standard InChI is InChI=1S/C21H20FN7/c22-17-2-1-15-11-26-21(27-18(15)9-17)29-12-16(13-29)19-20(25-6-5-24-19)28-7-3-14(10-23)4-8-28/h1-2,5-6,9,11,14,16H,3-4,7-8,12-13H2. The Labute approximate surface area is 167 Å². The molecule has 146 valence electrons. The van der Waals surface area contributed by atoms with Crippen molar-refractivity contribution in [1.29, 1.82) is 5.26 Å². The lowest BCUT2D eigenvalue weighted by Crippen LogP contribution is -2.47. The molecule has 2 fully saturated rings. The minimum Gasteiger partial charge on any atom is -0.355 e. The zero-order valence-electron chi connectivity index (χ0n) is 15.9. The molecule has 2 aliphatic heterocycles. The Balaban J connectivity index is 1.32. The molecule has 2 saturated heterocycles. The van der Waals surface area contributed by atoms with E-state index in [1.54, 1.807) is 24.7 Å². The van der Waals surface area contributed by atoms with Crippen molar-refractivity contribution in [3.63, 3.8) is 0 Å². The SMILES string of the molecule is N#CC1CCN(c2nccnc2C2CN(c3ncc4ccc(F)cc4n3)C2)CC1. The smallest absolute Gasteiger partial charge is 0.225 e. The van der Waals surface area contributed by atoms with Gasteiger partial charge in [0, 0.05) is 68.1 Å². The zero-order valence-corrected chi connectivity index (χ0v) is 15.9. The summed E-state index contributed by atoms with van der Waals surface area (Å²) >= 11 is 0. The fraction of sp³-hybridized carbons (Fsp3) is 0.381.